The van der Waals surface area contributed by atoms with Crippen LogP contribution < -0.4 is 9.64 Å². The van der Waals surface area contributed by atoms with Crippen molar-refractivity contribution in [3.05, 3.63) is 69.9 Å². The van der Waals surface area contributed by atoms with E-state index in [0.717, 1.165) is 36.9 Å². The van der Waals surface area contributed by atoms with Gasteiger partial charge in [0.1, 0.15) is 17.2 Å². The van der Waals surface area contributed by atoms with Crippen LogP contribution in [0.4, 0.5) is 18.9 Å². The number of thiophene rings is 1. The number of rotatable bonds is 9. The number of hydrogen-bond donors (Lipinski definition) is 0. The summed E-state index contributed by atoms with van der Waals surface area (Å²) in [6, 6.07) is 15.5. The monoisotopic (exact) mass is 545 g/mol. The van der Waals surface area contributed by atoms with E-state index in [-0.39, 0.29) is 37.0 Å². The minimum Gasteiger partial charge on any atom is -0.488 e. The Kier molecular flexibility index (Phi) is 8.76. The lowest BCUT2D eigenvalue weighted by atomic mass is 9.92. The van der Waals surface area contributed by atoms with E-state index in [0.29, 0.717) is 27.5 Å². The van der Waals surface area contributed by atoms with Crippen molar-refractivity contribution in [2.24, 2.45) is 0 Å². The molecule has 0 fully saturated rings. The average molecular weight is 546 g/mol. The largest absolute Gasteiger partial charge is 0.488 e. The van der Waals surface area contributed by atoms with Gasteiger partial charge in [-0.15, -0.1) is 11.3 Å². The summed E-state index contributed by atoms with van der Waals surface area (Å²) in [6.45, 7) is 2.07. The predicted molar refractivity (Wildman–Crippen MR) is 141 cm³/mol. The highest BCUT2D eigenvalue weighted by atomic mass is 32.1. The molecule has 0 N–H and O–H groups in total. The first kappa shape index (κ1) is 27.7. The van der Waals surface area contributed by atoms with E-state index in [1.54, 1.807) is 41.3 Å². The van der Waals surface area contributed by atoms with Crippen LogP contribution >= 0.6 is 11.3 Å². The Morgan fingerprint density at radius 1 is 1.08 bits per heavy atom. The molecule has 2 aromatic carbocycles. The Morgan fingerprint density at radius 2 is 1.84 bits per heavy atom. The number of halogens is 3. The number of anilines is 1. The molecule has 9 heteroatoms. The van der Waals surface area contributed by atoms with Crippen molar-refractivity contribution in [3.8, 4) is 16.9 Å². The summed E-state index contributed by atoms with van der Waals surface area (Å²) in [7, 11) is 1.30. The maximum atomic E-state index is 13.7. The van der Waals surface area contributed by atoms with Gasteiger partial charge in [-0.2, -0.15) is 13.2 Å². The maximum absolute atomic E-state index is 13.7. The molecule has 0 saturated carbocycles. The van der Waals surface area contributed by atoms with E-state index in [9.17, 15) is 22.8 Å². The van der Waals surface area contributed by atoms with Gasteiger partial charge in [0, 0.05) is 28.6 Å². The first-order valence-electron chi connectivity index (χ1n) is 12.6. The second kappa shape index (κ2) is 12.0. The number of esters is 1. The number of methoxy groups -OCH3 is 1. The third kappa shape index (κ3) is 6.38. The predicted octanol–water partition coefficient (Wildman–Crippen LogP) is 7.41. The van der Waals surface area contributed by atoms with Crippen LogP contribution in [0.25, 0.3) is 11.1 Å². The Bertz CT molecular complexity index is 1270. The zero-order chi connectivity index (χ0) is 27.3. The van der Waals surface area contributed by atoms with Crippen molar-refractivity contribution < 1.29 is 32.2 Å². The number of hydrogen-bond acceptors (Lipinski definition) is 5. The summed E-state index contributed by atoms with van der Waals surface area (Å²) in [5.74, 6) is -0.0258. The van der Waals surface area contributed by atoms with Crippen LogP contribution in [0.2, 0.25) is 0 Å². The topological polar surface area (TPSA) is 55.8 Å². The molecular formula is C29H30F3NO4S. The Balaban J connectivity index is 1.53. The van der Waals surface area contributed by atoms with Gasteiger partial charge in [-0.1, -0.05) is 43.7 Å². The number of nitrogens with zero attached hydrogens (tertiary/aromatic N) is 1. The molecule has 3 aromatic rings. The molecule has 1 unspecified atom stereocenters. The summed E-state index contributed by atoms with van der Waals surface area (Å²) in [5, 5.41) is 0. The van der Waals surface area contributed by atoms with Gasteiger partial charge in [0.15, 0.2) is 0 Å². The van der Waals surface area contributed by atoms with Crippen LogP contribution in [0, 0.1) is 0 Å². The normalized spacial score (nSPS) is 15.2. The van der Waals surface area contributed by atoms with Gasteiger partial charge in [0.05, 0.1) is 13.5 Å². The van der Waals surface area contributed by atoms with Crippen LogP contribution in [0.15, 0.2) is 54.6 Å². The summed E-state index contributed by atoms with van der Waals surface area (Å²) >= 11 is 0.688. The molecule has 202 valence electrons. The molecular weight excluding hydrogens is 515 g/mol. The van der Waals surface area contributed by atoms with Crippen LogP contribution in [0.1, 0.15) is 54.3 Å². The number of alkyl halides is 3. The lowest BCUT2D eigenvalue weighted by Crippen LogP contribution is -2.43. The fraction of sp³-hybridized carbons (Fsp3) is 0.379. The summed E-state index contributed by atoms with van der Waals surface area (Å²) in [6.07, 6.45) is -1.05. The molecule has 0 aliphatic carbocycles. The highest BCUT2D eigenvalue weighted by molar-refractivity contribution is 7.12. The van der Waals surface area contributed by atoms with E-state index in [2.05, 4.69) is 11.7 Å². The lowest BCUT2D eigenvalue weighted by Gasteiger charge is -2.37. The third-order valence-corrected chi connectivity index (χ3v) is 7.74. The molecule has 38 heavy (non-hydrogen) atoms. The SMILES string of the molecule is CCCC1CCc2cc(OCc3cc(-c4ccccc4)c(C(F)(F)F)s3)ccc2N1C(=O)CCC(=O)OC. The Hall–Kier alpha value is -3.33. The van der Waals surface area contributed by atoms with Crippen LogP contribution in [-0.2, 0) is 33.5 Å². The van der Waals surface area contributed by atoms with E-state index in [1.165, 1.54) is 13.2 Å². The molecule has 5 nitrogen and oxygen atoms in total. The van der Waals surface area contributed by atoms with Crippen LogP contribution in [0.3, 0.4) is 0 Å². The molecule has 0 spiro atoms. The second-order valence-corrected chi connectivity index (χ2v) is 10.4. The molecule has 4 rings (SSSR count). The summed E-state index contributed by atoms with van der Waals surface area (Å²) in [5.41, 5.74) is 2.39. The maximum Gasteiger partial charge on any atom is 0.426 e. The summed E-state index contributed by atoms with van der Waals surface area (Å²) in [4.78, 5) is 26.3. The van der Waals surface area contributed by atoms with Gasteiger partial charge in [-0.3, -0.25) is 9.59 Å². The number of carbonyl (C=O) groups is 2. The first-order valence-corrected chi connectivity index (χ1v) is 13.4. The van der Waals surface area contributed by atoms with Gasteiger partial charge < -0.3 is 14.4 Å². The van der Waals surface area contributed by atoms with Gasteiger partial charge in [-0.05, 0) is 54.7 Å². The van der Waals surface area contributed by atoms with Gasteiger partial charge >= 0.3 is 12.1 Å². The Morgan fingerprint density at radius 3 is 2.53 bits per heavy atom. The first-order chi connectivity index (χ1) is 18.2. The minimum absolute atomic E-state index is 0.000396. The second-order valence-electron chi connectivity index (χ2n) is 9.22. The van der Waals surface area contributed by atoms with Gasteiger partial charge in [0.2, 0.25) is 5.91 Å². The van der Waals surface area contributed by atoms with Crippen molar-refractivity contribution in [2.45, 2.75) is 64.3 Å². The standard InChI is InChI=1S/C29H30F3NO4S/c1-3-7-21-11-10-20-16-22(12-13-25(20)33(21)26(34)14-15-27(35)36-2)37-18-23-17-24(19-8-5-4-6-9-19)28(38-23)29(30,31)32/h4-6,8-9,12-13,16-17,21H,3,7,10-11,14-15,18H2,1-2H3. The third-order valence-electron chi connectivity index (χ3n) is 6.59. The van der Waals surface area contributed by atoms with Crippen molar-refractivity contribution in [3.63, 3.8) is 0 Å². The van der Waals surface area contributed by atoms with Crippen molar-refractivity contribution >= 4 is 28.9 Å². The Labute approximate surface area is 224 Å². The number of amides is 1. The number of carbonyl (C=O) groups excluding carboxylic acids is 2. The average Bonchev–Trinajstić information content (AvgIpc) is 3.36. The number of benzene rings is 2. The fourth-order valence-electron chi connectivity index (χ4n) is 4.82. The van der Waals surface area contributed by atoms with E-state index < -0.39 is 17.0 Å². The molecule has 2 heterocycles. The van der Waals surface area contributed by atoms with E-state index in [1.807, 2.05) is 12.1 Å². The van der Waals surface area contributed by atoms with E-state index in [4.69, 9.17) is 4.74 Å². The number of ether oxygens (including phenoxy) is 2. The molecule has 0 radical (unpaired) electrons. The molecule has 1 aliphatic heterocycles. The minimum atomic E-state index is -4.46. The fourth-order valence-corrected chi connectivity index (χ4v) is 5.78. The molecule has 1 amide bonds. The van der Waals surface area contributed by atoms with Crippen molar-refractivity contribution in [1.29, 1.82) is 0 Å². The quantitative estimate of drug-likeness (QED) is 0.263. The lowest BCUT2D eigenvalue weighted by molar-refractivity contribution is -0.142. The zero-order valence-corrected chi connectivity index (χ0v) is 22.2. The smallest absolute Gasteiger partial charge is 0.426 e. The molecule has 0 saturated heterocycles. The molecule has 1 atom stereocenters. The summed E-state index contributed by atoms with van der Waals surface area (Å²) < 4.78 is 51.7. The number of fused-ring (bicyclic) bond motifs is 1. The van der Waals surface area contributed by atoms with Crippen molar-refractivity contribution in [2.75, 3.05) is 12.0 Å². The highest BCUT2D eigenvalue weighted by Gasteiger charge is 2.36. The zero-order valence-electron chi connectivity index (χ0n) is 21.3. The van der Waals surface area contributed by atoms with Gasteiger partial charge in [-0.25, -0.2) is 0 Å². The van der Waals surface area contributed by atoms with Crippen LogP contribution in [-0.4, -0.2) is 25.0 Å². The van der Waals surface area contributed by atoms with Crippen molar-refractivity contribution in [1.82, 2.24) is 0 Å². The molecule has 1 aromatic heterocycles. The molecule has 1 aliphatic rings. The number of aryl methyl sites for hydroxylation is 1. The highest BCUT2D eigenvalue weighted by Crippen LogP contribution is 2.43. The van der Waals surface area contributed by atoms with Gasteiger partial charge in [0.25, 0.3) is 0 Å². The molecule has 0 bridgehead atoms. The van der Waals surface area contributed by atoms with Crippen LogP contribution in [0.5, 0.6) is 5.75 Å². The van der Waals surface area contributed by atoms with E-state index >= 15 is 0 Å².